The lowest BCUT2D eigenvalue weighted by atomic mass is 10.1. The monoisotopic (exact) mass is 228 g/mol. The van der Waals surface area contributed by atoms with E-state index in [1.54, 1.807) is 12.1 Å². The number of nitrogens with zero attached hydrogens (tertiary/aromatic N) is 2. The Labute approximate surface area is 97.0 Å². The maximum atomic E-state index is 11.1. The zero-order valence-electron chi connectivity index (χ0n) is 8.60. The molecule has 2 rings (SSSR count). The van der Waals surface area contributed by atoms with Crippen LogP contribution in [0.2, 0.25) is 0 Å². The number of carbonyl (C=O) groups is 1. The van der Waals surface area contributed by atoms with Crippen molar-refractivity contribution >= 4 is 17.1 Å². The molecule has 0 unspecified atom stereocenters. The molecule has 0 aliphatic rings. The lowest BCUT2D eigenvalue weighted by Gasteiger charge is -1.95. The van der Waals surface area contributed by atoms with Gasteiger partial charge in [0, 0.05) is 17.9 Å². The summed E-state index contributed by atoms with van der Waals surface area (Å²) in [7, 11) is 0. The molecule has 2 aromatic rings. The summed E-state index contributed by atoms with van der Waals surface area (Å²) in [6.07, 6.45) is 0. The molecule has 0 fully saturated rings. The number of benzene rings is 1. The van der Waals surface area contributed by atoms with Crippen molar-refractivity contribution in [2.45, 2.75) is 6.92 Å². The molecule has 0 spiro atoms. The van der Waals surface area contributed by atoms with Gasteiger partial charge in [-0.1, -0.05) is 12.1 Å². The second kappa shape index (κ2) is 4.25. The van der Waals surface area contributed by atoms with Crippen molar-refractivity contribution < 1.29 is 4.79 Å². The average Bonchev–Trinajstić information content (AvgIpc) is 2.78. The Morgan fingerprint density at radius 3 is 2.56 bits per heavy atom. The van der Waals surface area contributed by atoms with Crippen LogP contribution in [0.15, 0.2) is 29.6 Å². The van der Waals surface area contributed by atoms with Gasteiger partial charge in [0.25, 0.3) is 0 Å². The van der Waals surface area contributed by atoms with Crippen LogP contribution in [0.5, 0.6) is 0 Å². The molecule has 1 heterocycles. The highest BCUT2D eigenvalue weighted by atomic mass is 32.1. The van der Waals surface area contributed by atoms with Crippen LogP contribution in [0.25, 0.3) is 11.3 Å². The smallest absolute Gasteiger partial charge is 0.188 e. The molecule has 0 bridgehead atoms. The molecule has 4 heteroatoms. The third-order valence-electron chi connectivity index (χ3n) is 2.12. The van der Waals surface area contributed by atoms with Crippen molar-refractivity contribution in [1.82, 2.24) is 4.98 Å². The third kappa shape index (κ3) is 2.00. The number of hydrogen-bond donors (Lipinski definition) is 0. The zero-order valence-corrected chi connectivity index (χ0v) is 9.41. The fourth-order valence-electron chi connectivity index (χ4n) is 1.28. The Kier molecular flexibility index (Phi) is 2.80. The fourth-order valence-corrected chi connectivity index (χ4v) is 2.01. The Morgan fingerprint density at radius 1 is 1.38 bits per heavy atom. The molecule has 0 saturated carbocycles. The zero-order chi connectivity index (χ0) is 11.5. The van der Waals surface area contributed by atoms with E-state index in [1.165, 1.54) is 18.3 Å². The third-order valence-corrected chi connectivity index (χ3v) is 3.06. The normalized spacial score (nSPS) is 9.75. The van der Waals surface area contributed by atoms with Gasteiger partial charge >= 0.3 is 0 Å². The quantitative estimate of drug-likeness (QED) is 0.742. The number of hydrogen-bond acceptors (Lipinski definition) is 4. The molecule has 3 nitrogen and oxygen atoms in total. The van der Waals surface area contributed by atoms with E-state index in [0.717, 1.165) is 11.3 Å². The molecule has 0 saturated heterocycles. The first-order chi connectivity index (χ1) is 7.70. The summed E-state index contributed by atoms with van der Waals surface area (Å²) in [6.45, 7) is 1.50. The van der Waals surface area contributed by atoms with E-state index in [9.17, 15) is 4.79 Å². The SMILES string of the molecule is CC(=O)c1nc(-c2ccc(C#N)cc2)cs1. The summed E-state index contributed by atoms with van der Waals surface area (Å²) in [4.78, 5) is 15.3. The molecule has 0 amide bonds. The maximum Gasteiger partial charge on any atom is 0.188 e. The minimum absolute atomic E-state index is 0.0232. The number of rotatable bonds is 2. The molecule has 1 aromatic heterocycles. The number of carbonyl (C=O) groups excluding carboxylic acids is 1. The largest absolute Gasteiger partial charge is 0.292 e. The van der Waals surface area contributed by atoms with Crippen LogP contribution in [-0.4, -0.2) is 10.8 Å². The Balaban J connectivity index is 2.36. The molecular formula is C12H8N2OS. The van der Waals surface area contributed by atoms with E-state index in [4.69, 9.17) is 5.26 Å². The first kappa shape index (κ1) is 10.5. The van der Waals surface area contributed by atoms with E-state index in [1.807, 2.05) is 17.5 Å². The van der Waals surface area contributed by atoms with Gasteiger partial charge in [-0.2, -0.15) is 5.26 Å². The first-order valence-electron chi connectivity index (χ1n) is 4.67. The van der Waals surface area contributed by atoms with Crippen molar-refractivity contribution in [2.75, 3.05) is 0 Å². The summed E-state index contributed by atoms with van der Waals surface area (Å²) in [5.74, 6) is -0.0232. The Bertz CT molecular complexity index is 563. The highest BCUT2D eigenvalue weighted by molar-refractivity contribution is 7.12. The molecule has 0 atom stereocenters. The molecule has 16 heavy (non-hydrogen) atoms. The van der Waals surface area contributed by atoms with Gasteiger partial charge in [0.05, 0.1) is 17.3 Å². The number of aromatic nitrogens is 1. The highest BCUT2D eigenvalue weighted by Gasteiger charge is 2.07. The van der Waals surface area contributed by atoms with Crippen LogP contribution in [-0.2, 0) is 0 Å². The van der Waals surface area contributed by atoms with E-state index in [2.05, 4.69) is 11.1 Å². The summed E-state index contributed by atoms with van der Waals surface area (Å²) >= 11 is 1.34. The molecule has 0 radical (unpaired) electrons. The number of Topliss-reactive ketones (excluding diaryl/α,β-unsaturated/α-hetero) is 1. The van der Waals surface area contributed by atoms with E-state index in [0.29, 0.717) is 10.6 Å². The van der Waals surface area contributed by atoms with E-state index in [-0.39, 0.29) is 5.78 Å². The van der Waals surface area contributed by atoms with Gasteiger partial charge in [0.15, 0.2) is 10.8 Å². The van der Waals surface area contributed by atoms with Crippen molar-refractivity contribution in [3.63, 3.8) is 0 Å². The Morgan fingerprint density at radius 2 is 2.06 bits per heavy atom. The van der Waals surface area contributed by atoms with Crippen LogP contribution < -0.4 is 0 Å². The minimum atomic E-state index is -0.0232. The number of thiazole rings is 1. The van der Waals surface area contributed by atoms with Crippen LogP contribution in [0.4, 0.5) is 0 Å². The first-order valence-corrected chi connectivity index (χ1v) is 5.55. The van der Waals surface area contributed by atoms with Gasteiger partial charge < -0.3 is 0 Å². The van der Waals surface area contributed by atoms with Crippen molar-refractivity contribution in [3.8, 4) is 17.3 Å². The number of nitriles is 1. The number of ketones is 1. The summed E-state index contributed by atoms with van der Waals surface area (Å²) in [6, 6.07) is 9.20. The second-order valence-electron chi connectivity index (χ2n) is 3.28. The summed E-state index contributed by atoms with van der Waals surface area (Å²) in [5, 5.41) is 11.0. The van der Waals surface area contributed by atoms with Crippen molar-refractivity contribution in [2.24, 2.45) is 0 Å². The van der Waals surface area contributed by atoms with Crippen LogP contribution >= 0.6 is 11.3 Å². The van der Waals surface area contributed by atoms with E-state index < -0.39 is 0 Å². The van der Waals surface area contributed by atoms with Gasteiger partial charge in [0.2, 0.25) is 0 Å². The molecule has 0 aliphatic heterocycles. The van der Waals surface area contributed by atoms with Crippen LogP contribution in [0.3, 0.4) is 0 Å². The maximum absolute atomic E-state index is 11.1. The lowest BCUT2D eigenvalue weighted by molar-refractivity contribution is 0.101. The van der Waals surface area contributed by atoms with Crippen molar-refractivity contribution in [3.05, 3.63) is 40.2 Å². The highest BCUT2D eigenvalue weighted by Crippen LogP contribution is 2.22. The van der Waals surface area contributed by atoms with E-state index >= 15 is 0 Å². The van der Waals surface area contributed by atoms with Gasteiger partial charge in [-0.15, -0.1) is 11.3 Å². The molecule has 0 N–H and O–H groups in total. The summed E-state index contributed by atoms with van der Waals surface area (Å²) in [5.41, 5.74) is 2.31. The van der Waals surface area contributed by atoms with Gasteiger partial charge in [-0.25, -0.2) is 4.98 Å². The molecule has 0 aliphatic carbocycles. The second-order valence-corrected chi connectivity index (χ2v) is 4.14. The van der Waals surface area contributed by atoms with Crippen LogP contribution in [0.1, 0.15) is 22.3 Å². The minimum Gasteiger partial charge on any atom is -0.292 e. The standard InChI is InChI=1S/C12H8N2OS/c1-8(15)12-14-11(7-16-12)10-4-2-9(6-13)3-5-10/h2-5,7H,1H3. The predicted octanol–water partition coefficient (Wildman–Crippen LogP) is 2.88. The lowest BCUT2D eigenvalue weighted by Crippen LogP contribution is -1.89. The van der Waals surface area contributed by atoms with Crippen LogP contribution in [0, 0.1) is 11.3 Å². The topological polar surface area (TPSA) is 53.8 Å². The fraction of sp³-hybridized carbons (Fsp3) is 0.0833. The van der Waals surface area contributed by atoms with Crippen molar-refractivity contribution in [1.29, 1.82) is 5.26 Å². The molecule has 1 aromatic carbocycles. The summed E-state index contributed by atoms with van der Waals surface area (Å²) < 4.78 is 0. The van der Waals surface area contributed by atoms with Gasteiger partial charge in [-0.05, 0) is 12.1 Å². The predicted molar refractivity (Wildman–Crippen MR) is 62.3 cm³/mol. The van der Waals surface area contributed by atoms with Gasteiger partial charge in [0.1, 0.15) is 0 Å². The molecular weight excluding hydrogens is 220 g/mol. The molecule has 78 valence electrons. The Hall–Kier alpha value is -1.99. The van der Waals surface area contributed by atoms with Gasteiger partial charge in [-0.3, -0.25) is 4.79 Å². The average molecular weight is 228 g/mol.